The number of carbonyl (C=O) groups excluding carboxylic acids is 2. The molecule has 0 radical (unpaired) electrons. The van der Waals surface area contributed by atoms with Crippen LogP contribution in [0.3, 0.4) is 0 Å². The molecule has 9 heteroatoms. The van der Waals surface area contributed by atoms with Gasteiger partial charge in [-0.15, -0.1) is 11.3 Å². The van der Waals surface area contributed by atoms with Crippen LogP contribution in [0.5, 0.6) is 0 Å². The predicted octanol–water partition coefficient (Wildman–Crippen LogP) is 6.35. The fourth-order valence-corrected chi connectivity index (χ4v) is 6.21. The second-order valence-corrected chi connectivity index (χ2v) is 11.2. The number of hydrogen-bond acceptors (Lipinski definition) is 5. The molecule has 1 saturated heterocycles. The molecule has 202 valence electrons. The van der Waals surface area contributed by atoms with E-state index < -0.39 is 0 Å². The summed E-state index contributed by atoms with van der Waals surface area (Å²) in [7, 11) is 0. The Morgan fingerprint density at radius 1 is 1.00 bits per heavy atom. The van der Waals surface area contributed by atoms with Gasteiger partial charge < -0.3 is 9.80 Å². The fourth-order valence-electron chi connectivity index (χ4n) is 5.27. The van der Waals surface area contributed by atoms with Gasteiger partial charge in [-0.1, -0.05) is 61.0 Å². The van der Waals surface area contributed by atoms with Crippen LogP contribution in [-0.2, 0) is 6.42 Å². The first kappa shape index (κ1) is 26.2. The number of rotatable bonds is 5. The van der Waals surface area contributed by atoms with E-state index in [1.54, 1.807) is 10.9 Å². The van der Waals surface area contributed by atoms with E-state index in [4.69, 9.17) is 16.6 Å². The van der Waals surface area contributed by atoms with Gasteiger partial charge in [-0.05, 0) is 48.4 Å². The summed E-state index contributed by atoms with van der Waals surface area (Å²) in [6.07, 6.45) is 2.27. The van der Waals surface area contributed by atoms with Gasteiger partial charge in [0.2, 0.25) is 5.13 Å². The molecule has 3 aromatic carbocycles. The van der Waals surface area contributed by atoms with E-state index in [-0.39, 0.29) is 17.9 Å². The Morgan fingerprint density at radius 2 is 1.77 bits per heavy atom. The van der Waals surface area contributed by atoms with Crippen molar-refractivity contribution in [1.82, 2.24) is 24.6 Å². The maximum absolute atomic E-state index is 13.7. The highest BCUT2D eigenvalue weighted by molar-refractivity contribution is 7.12. The molecule has 2 amide bonds. The largest absolute Gasteiger partial charge is 0.335 e. The highest BCUT2D eigenvalue weighted by Gasteiger charge is 2.32. The van der Waals surface area contributed by atoms with E-state index in [1.807, 2.05) is 95.8 Å². The van der Waals surface area contributed by atoms with E-state index >= 15 is 0 Å². The molecule has 1 unspecified atom stereocenters. The van der Waals surface area contributed by atoms with E-state index in [2.05, 4.69) is 5.10 Å². The smallest absolute Gasteiger partial charge is 0.257 e. The Hall–Kier alpha value is -4.01. The van der Waals surface area contributed by atoms with Crippen molar-refractivity contribution in [3.05, 3.63) is 100 Å². The molecule has 6 rings (SSSR count). The molecule has 0 saturated carbocycles. The zero-order valence-corrected chi connectivity index (χ0v) is 23.8. The third-order valence-electron chi connectivity index (χ3n) is 7.42. The average Bonchev–Trinajstić information content (AvgIpc) is 3.64. The number of aromatic nitrogens is 3. The molecule has 1 aliphatic heterocycles. The number of nitrogens with zero attached hydrogens (tertiary/aromatic N) is 5. The first-order valence-electron chi connectivity index (χ1n) is 13.3. The third kappa shape index (κ3) is 4.89. The summed E-state index contributed by atoms with van der Waals surface area (Å²) >= 11 is 7.51. The molecular weight excluding hydrogens is 542 g/mol. The van der Waals surface area contributed by atoms with Gasteiger partial charge in [0.25, 0.3) is 11.8 Å². The lowest BCUT2D eigenvalue weighted by Gasteiger charge is -2.40. The third-order valence-corrected chi connectivity index (χ3v) is 8.49. The maximum atomic E-state index is 13.7. The highest BCUT2D eigenvalue weighted by Crippen LogP contribution is 2.27. The Balaban J connectivity index is 1.18. The molecule has 1 atom stereocenters. The second kappa shape index (κ2) is 10.9. The van der Waals surface area contributed by atoms with Gasteiger partial charge in [0, 0.05) is 47.2 Å². The number of halogens is 1. The van der Waals surface area contributed by atoms with Gasteiger partial charge in [0.1, 0.15) is 0 Å². The van der Waals surface area contributed by atoms with Crippen molar-refractivity contribution in [2.75, 3.05) is 19.6 Å². The number of fused-ring (bicyclic) bond motifs is 1. The van der Waals surface area contributed by atoms with Crippen LogP contribution >= 0.6 is 22.9 Å². The normalized spacial score (nSPS) is 15.5. The standard InChI is InChI=1S/C31H28ClN5O2S/c1-3-28-26(17-33-37(28)31-34-27(19-40-31)22-10-12-25(32)13-11-22)30(39)35-14-15-36(20(2)18-35)29(38)24-9-8-21-6-4-5-7-23(21)16-24/h4-13,16-17,19-20H,3,14-15,18H2,1-2H3. The minimum absolute atomic E-state index is 0.00678. The van der Waals surface area contributed by atoms with Crippen LogP contribution in [0.15, 0.2) is 78.3 Å². The first-order valence-corrected chi connectivity index (χ1v) is 14.6. The lowest BCUT2D eigenvalue weighted by molar-refractivity contribution is 0.0414. The van der Waals surface area contributed by atoms with Crippen molar-refractivity contribution < 1.29 is 9.59 Å². The van der Waals surface area contributed by atoms with Crippen molar-refractivity contribution in [2.45, 2.75) is 26.3 Å². The van der Waals surface area contributed by atoms with Gasteiger partial charge in [0.05, 0.1) is 23.1 Å². The summed E-state index contributed by atoms with van der Waals surface area (Å²) in [6, 6.07) is 21.3. The Bertz CT molecular complexity index is 1710. The molecule has 0 bridgehead atoms. The Labute approximate surface area is 241 Å². The quantitative estimate of drug-likeness (QED) is 0.247. The molecular formula is C31H28ClN5O2S. The van der Waals surface area contributed by atoms with Crippen molar-refractivity contribution >= 4 is 45.5 Å². The van der Waals surface area contributed by atoms with Gasteiger partial charge in [-0.25, -0.2) is 9.67 Å². The van der Waals surface area contributed by atoms with E-state index in [0.29, 0.717) is 47.3 Å². The SMILES string of the molecule is CCc1c(C(=O)N2CCN(C(=O)c3ccc4ccccc4c3)C(C)C2)cnn1-c1nc(-c2ccc(Cl)cc2)cs1. The van der Waals surface area contributed by atoms with Crippen LogP contribution in [0.1, 0.15) is 40.3 Å². The monoisotopic (exact) mass is 569 g/mol. The van der Waals surface area contributed by atoms with E-state index in [9.17, 15) is 9.59 Å². The predicted molar refractivity (Wildman–Crippen MR) is 159 cm³/mol. The van der Waals surface area contributed by atoms with Crippen molar-refractivity contribution in [3.8, 4) is 16.4 Å². The number of benzene rings is 3. The van der Waals surface area contributed by atoms with Gasteiger partial charge >= 0.3 is 0 Å². The second-order valence-electron chi connectivity index (χ2n) is 9.95. The molecule has 0 N–H and O–H groups in total. The number of carbonyl (C=O) groups is 2. The number of hydrogen-bond donors (Lipinski definition) is 0. The molecule has 1 aliphatic rings. The maximum Gasteiger partial charge on any atom is 0.257 e. The number of thiazole rings is 1. The van der Waals surface area contributed by atoms with Crippen LogP contribution in [0.25, 0.3) is 27.2 Å². The molecule has 7 nitrogen and oxygen atoms in total. The van der Waals surface area contributed by atoms with Crippen LogP contribution in [0, 0.1) is 0 Å². The topological polar surface area (TPSA) is 71.3 Å². The van der Waals surface area contributed by atoms with Crippen molar-refractivity contribution in [3.63, 3.8) is 0 Å². The Kier molecular flexibility index (Phi) is 7.12. The summed E-state index contributed by atoms with van der Waals surface area (Å²) < 4.78 is 1.76. The van der Waals surface area contributed by atoms with E-state index in [0.717, 1.165) is 27.7 Å². The highest BCUT2D eigenvalue weighted by atomic mass is 35.5. The minimum Gasteiger partial charge on any atom is -0.335 e. The molecule has 3 heterocycles. The molecule has 1 fully saturated rings. The summed E-state index contributed by atoms with van der Waals surface area (Å²) in [5.74, 6) is -0.0742. The zero-order valence-electron chi connectivity index (χ0n) is 22.3. The van der Waals surface area contributed by atoms with Crippen LogP contribution < -0.4 is 0 Å². The lowest BCUT2D eigenvalue weighted by atomic mass is 10.0. The zero-order chi connectivity index (χ0) is 27.8. The van der Waals surface area contributed by atoms with Crippen molar-refractivity contribution in [2.24, 2.45) is 0 Å². The molecule has 40 heavy (non-hydrogen) atoms. The Morgan fingerprint density at radius 3 is 2.52 bits per heavy atom. The van der Waals surface area contributed by atoms with Crippen LogP contribution in [-0.4, -0.2) is 62.1 Å². The lowest BCUT2D eigenvalue weighted by Crippen LogP contribution is -2.55. The van der Waals surface area contributed by atoms with Gasteiger partial charge in [0.15, 0.2) is 0 Å². The fraction of sp³-hybridized carbons (Fsp3) is 0.226. The minimum atomic E-state index is -0.113. The number of amides is 2. The van der Waals surface area contributed by atoms with Gasteiger partial charge in [-0.3, -0.25) is 9.59 Å². The molecule has 2 aromatic heterocycles. The number of piperazine rings is 1. The summed E-state index contributed by atoms with van der Waals surface area (Å²) in [6.45, 7) is 5.42. The van der Waals surface area contributed by atoms with Crippen molar-refractivity contribution in [1.29, 1.82) is 0 Å². The summed E-state index contributed by atoms with van der Waals surface area (Å²) in [5.41, 5.74) is 3.87. The summed E-state index contributed by atoms with van der Waals surface area (Å²) in [5, 5.41) is 10.1. The van der Waals surface area contributed by atoms with E-state index in [1.165, 1.54) is 11.3 Å². The summed E-state index contributed by atoms with van der Waals surface area (Å²) in [4.78, 5) is 35.5. The van der Waals surface area contributed by atoms with Gasteiger partial charge in [-0.2, -0.15) is 5.10 Å². The molecule has 0 aliphatic carbocycles. The van der Waals surface area contributed by atoms with Crippen LogP contribution in [0.2, 0.25) is 5.02 Å². The first-order chi connectivity index (χ1) is 19.4. The molecule has 5 aromatic rings. The molecule has 0 spiro atoms. The average molecular weight is 570 g/mol. The van der Waals surface area contributed by atoms with Crippen LogP contribution in [0.4, 0.5) is 0 Å².